The molecule has 0 aliphatic carbocycles. The minimum atomic E-state index is -4.79. The molecule has 0 bridgehead atoms. The highest BCUT2D eigenvalue weighted by molar-refractivity contribution is 6.09. The van der Waals surface area contributed by atoms with E-state index in [0.29, 0.717) is 43.0 Å². The van der Waals surface area contributed by atoms with Crippen molar-refractivity contribution >= 4 is 22.9 Å². The van der Waals surface area contributed by atoms with Crippen LogP contribution in [0.1, 0.15) is 28.8 Å². The molecule has 4 heterocycles. The monoisotopic (exact) mass is 491 g/mol. The topological polar surface area (TPSA) is 112 Å². The zero-order chi connectivity index (χ0) is 24.8. The van der Waals surface area contributed by atoms with Crippen molar-refractivity contribution in [1.82, 2.24) is 14.6 Å². The zero-order valence-corrected chi connectivity index (χ0v) is 18.6. The van der Waals surface area contributed by atoms with Crippen LogP contribution in [-0.4, -0.2) is 68.8 Å². The van der Waals surface area contributed by atoms with Gasteiger partial charge in [-0.15, -0.1) is 0 Å². The summed E-state index contributed by atoms with van der Waals surface area (Å²) in [6.07, 6.45) is 0.590. The molecule has 3 N–H and O–H groups in total. The molecule has 0 saturated carbocycles. The standard InChI is InChI=1S/C23H24F3N5O4/c24-23(25,26)22(13-33)10-15-8-17(29-21(34)16-11-28-31-5-1-4-27-20(16)31)18(9-19(15)35-22)30-6-2-14(12-32)3-7-30/h1,4-5,8-9,11,14,32-33H,2-3,6-7,10,12-13H2,(H,29,34). The summed E-state index contributed by atoms with van der Waals surface area (Å²) in [5.41, 5.74) is -1.10. The Kier molecular flexibility index (Phi) is 5.80. The van der Waals surface area contributed by atoms with Crippen molar-refractivity contribution in [2.75, 3.05) is 36.5 Å². The summed E-state index contributed by atoms with van der Waals surface area (Å²) in [6, 6.07) is 4.63. The Hall–Kier alpha value is -3.38. The first kappa shape index (κ1) is 23.4. The fourth-order valence-electron chi connectivity index (χ4n) is 4.63. The SMILES string of the molecule is O=C(Nc1cc2c(cc1N1CCC(CO)CC1)OC(CO)(C(F)(F)F)C2)c1cnn2cccnc12. The van der Waals surface area contributed by atoms with Gasteiger partial charge in [0.2, 0.25) is 5.60 Å². The number of hydrogen-bond donors (Lipinski definition) is 3. The van der Waals surface area contributed by atoms with Crippen molar-refractivity contribution in [2.24, 2.45) is 5.92 Å². The predicted molar refractivity (Wildman–Crippen MR) is 120 cm³/mol. The molecule has 12 heteroatoms. The van der Waals surface area contributed by atoms with Crippen LogP contribution in [0.25, 0.3) is 5.65 Å². The maximum Gasteiger partial charge on any atom is 0.430 e. The second kappa shape index (κ2) is 8.68. The number of aromatic nitrogens is 3. The molecule has 2 aliphatic rings. The lowest BCUT2D eigenvalue weighted by atomic mass is 9.95. The molecule has 0 spiro atoms. The number of hydrogen-bond acceptors (Lipinski definition) is 7. The minimum absolute atomic E-state index is 0.0197. The number of carbonyl (C=O) groups excluding carboxylic acids is 1. The summed E-state index contributed by atoms with van der Waals surface area (Å²) in [7, 11) is 0. The lowest BCUT2D eigenvalue weighted by Gasteiger charge is -2.34. The molecule has 1 fully saturated rings. The normalized spacial score (nSPS) is 20.7. The quantitative estimate of drug-likeness (QED) is 0.503. The molecule has 0 radical (unpaired) electrons. The molecular formula is C23H24F3N5O4. The van der Waals surface area contributed by atoms with E-state index < -0.39 is 30.7 Å². The van der Waals surface area contributed by atoms with Gasteiger partial charge in [-0.2, -0.15) is 18.3 Å². The average molecular weight is 491 g/mol. The Morgan fingerprint density at radius 2 is 2.03 bits per heavy atom. The van der Waals surface area contributed by atoms with E-state index in [0.717, 1.165) is 0 Å². The van der Waals surface area contributed by atoms with Gasteiger partial charge in [0.05, 0.1) is 24.2 Å². The number of benzene rings is 1. The van der Waals surface area contributed by atoms with E-state index in [9.17, 15) is 28.2 Å². The molecule has 1 unspecified atom stereocenters. The van der Waals surface area contributed by atoms with Gasteiger partial charge in [-0.25, -0.2) is 9.50 Å². The Balaban J connectivity index is 1.51. The number of rotatable bonds is 5. The van der Waals surface area contributed by atoms with E-state index in [2.05, 4.69) is 15.4 Å². The van der Waals surface area contributed by atoms with E-state index in [4.69, 9.17) is 4.74 Å². The summed E-state index contributed by atoms with van der Waals surface area (Å²) in [5.74, 6) is -0.341. The van der Waals surface area contributed by atoms with Gasteiger partial charge in [0.25, 0.3) is 5.91 Å². The molecular weight excluding hydrogens is 467 g/mol. The molecule has 5 rings (SSSR count). The average Bonchev–Trinajstić information content (AvgIpc) is 3.45. The van der Waals surface area contributed by atoms with Gasteiger partial charge in [-0.1, -0.05) is 0 Å². The number of aliphatic hydroxyl groups is 2. The van der Waals surface area contributed by atoms with Crippen molar-refractivity contribution < 1.29 is 32.9 Å². The molecule has 1 amide bonds. The van der Waals surface area contributed by atoms with E-state index in [1.54, 1.807) is 12.3 Å². The van der Waals surface area contributed by atoms with E-state index in [1.807, 2.05) is 4.90 Å². The molecule has 1 saturated heterocycles. The Morgan fingerprint density at radius 1 is 1.26 bits per heavy atom. The minimum Gasteiger partial charge on any atom is -0.475 e. The largest absolute Gasteiger partial charge is 0.475 e. The molecule has 3 aromatic rings. The third-order valence-corrected chi connectivity index (χ3v) is 6.72. The van der Waals surface area contributed by atoms with Gasteiger partial charge >= 0.3 is 6.18 Å². The smallest absolute Gasteiger partial charge is 0.430 e. The number of amides is 1. The van der Waals surface area contributed by atoms with Gasteiger partial charge in [-0.05, 0) is 30.9 Å². The summed E-state index contributed by atoms with van der Waals surface area (Å²) in [4.78, 5) is 19.3. The highest BCUT2D eigenvalue weighted by Crippen LogP contribution is 2.48. The van der Waals surface area contributed by atoms with Crippen LogP contribution in [0.3, 0.4) is 0 Å². The Labute approximate surface area is 198 Å². The Morgan fingerprint density at radius 3 is 2.71 bits per heavy atom. The fraction of sp³-hybridized carbons (Fsp3) is 0.435. The maximum atomic E-state index is 13.8. The number of halogens is 3. The summed E-state index contributed by atoms with van der Waals surface area (Å²) < 4.78 is 48.0. The summed E-state index contributed by atoms with van der Waals surface area (Å²) >= 11 is 0. The number of piperidine rings is 1. The second-order valence-electron chi connectivity index (χ2n) is 8.92. The lowest BCUT2D eigenvalue weighted by Crippen LogP contribution is -2.52. The number of carbonyl (C=O) groups is 1. The number of alkyl halides is 3. The van der Waals surface area contributed by atoms with Gasteiger partial charge in [0, 0.05) is 50.1 Å². The van der Waals surface area contributed by atoms with Crippen LogP contribution >= 0.6 is 0 Å². The third kappa shape index (κ3) is 4.06. The van der Waals surface area contributed by atoms with Gasteiger partial charge < -0.3 is 25.2 Å². The van der Waals surface area contributed by atoms with E-state index in [-0.39, 0.29) is 29.4 Å². The van der Waals surface area contributed by atoms with Crippen molar-refractivity contribution in [3.63, 3.8) is 0 Å². The summed E-state index contributed by atoms with van der Waals surface area (Å²) in [6.45, 7) is -0.0552. The number of ether oxygens (including phenoxy) is 1. The predicted octanol–water partition coefficient (Wildman–Crippen LogP) is 2.42. The van der Waals surface area contributed by atoms with Crippen molar-refractivity contribution in [1.29, 1.82) is 0 Å². The number of fused-ring (bicyclic) bond motifs is 2. The fourth-order valence-corrected chi connectivity index (χ4v) is 4.63. The molecule has 2 aliphatic heterocycles. The Bertz CT molecular complexity index is 1260. The molecule has 2 aromatic heterocycles. The van der Waals surface area contributed by atoms with Crippen LogP contribution in [0.4, 0.5) is 24.5 Å². The number of nitrogens with one attached hydrogen (secondary N) is 1. The van der Waals surface area contributed by atoms with Gasteiger partial charge in [0.15, 0.2) is 5.65 Å². The molecule has 1 aromatic carbocycles. The zero-order valence-electron chi connectivity index (χ0n) is 18.6. The van der Waals surface area contributed by atoms with E-state index in [1.165, 1.54) is 29.0 Å². The van der Waals surface area contributed by atoms with Crippen molar-refractivity contribution in [3.05, 3.63) is 47.9 Å². The first-order chi connectivity index (χ1) is 16.7. The molecule has 1 atom stereocenters. The number of nitrogens with zero attached hydrogens (tertiary/aromatic N) is 4. The van der Waals surface area contributed by atoms with Crippen molar-refractivity contribution in [2.45, 2.75) is 31.0 Å². The van der Waals surface area contributed by atoms with Crippen LogP contribution in [0.5, 0.6) is 5.75 Å². The number of anilines is 2. The maximum absolute atomic E-state index is 13.8. The lowest BCUT2D eigenvalue weighted by molar-refractivity contribution is -0.252. The van der Waals surface area contributed by atoms with Crippen LogP contribution in [0.15, 0.2) is 36.8 Å². The highest BCUT2D eigenvalue weighted by Gasteiger charge is 2.60. The third-order valence-electron chi connectivity index (χ3n) is 6.72. The van der Waals surface area contributed by atoms with Crippen molar-refractivity contribution in [3.8, 4) is 5.75 Å². The van der Waals surface area contributed by atoms with Crippen LogP contribution < -0.4 is 15.0 Å². The van der Waals surface area contributed by atoms with E-state index >= 15 is 0 Å². The first-order valence-electron chi connectivity index (χ1n) is 11.2. The molecule has 186 valence electrons. The second-order valence-corrected chi connectivity index (χ2v) is 8.92. The molecule has 35 heavy (non-hydrogen) atoms. The molecule has 9 nitrogen and oxygen atoms in total. The van der Waals surface area contributed by atoms with Crippen LogP contribution in [-0.2, 0) is 6.42 Å². The summed E-state index contributed by atoms with van der Waals surface area (Å²) in [5, 5.41) is 26.0. The van der Waals surface area contributed by atoms with Gasteiger partial charge in [-0.3, -0.25) is 4.79 Å². The van der Waals surface area contributed by atoms with Crippen LogP contribution in [0, 0.1) is 5.92 Å². The first-order valence-corrected chi connectivity index (χ1v) is 11.2. The van der Waals surface area contributed by atoms with Gasteiger partial charge in [0.1, 0.15) is 11.3 Å². The number of aliphatic hydroxyl groups excluding tert-OH is 2. The van der Waals surface area contributed by atoms with Crippen LogP contribution in [0.2, 0.25) is 0 Å². The highest BCUT2D eigenvalue weighted by atomic mass is 19.4.